The highest BCUT2D eigenvalue weighted by Gasteiger charge is 2.32. The molecule has 2 unspecified atom stereocenters. The van der Waals surface area contributed by atoms with E-state index in [4.69, 9.17) is 9.99 Å². The van der Waals surface area contributed by atoms with Gasteiger partial charge in [-0.25, -0.2) is 9.68 Å². The zero-order valence-electron chi connectivity index (χ0n) is 11.4. The summed E-state index contributed by atoms with van der Waals surface area (Å²) in [6, 6.07) is 0. The standard InChI is InChI=1S/C12H24O5/c1-6-7-8-9(2)10(12(3,4)5)15-17-16-11(13)14/h9-10H,6-8H2,1-5H3,(H,13,14). The van der Waals surface area contributed by atoms with E-state index in [-0.39, 0.29) is 17.4 Å². The fraction of sp³-hybridized carbons (Fsp3) is 0.917. The first-order valence-corrected chi connectivity index (χ1v) is 6.02. The Kier molecular flexibility index (Phi) is 7.15. The van der Waals surface area contributed by atoms with Gasteiger partial charge in [0, 0.05) is 0 Å². The van der Waals surface area contributed by atoms with Gasteiger partial charge in [-0.3, -0.25) is 0 Å². The molecule has 102 valence electrons. The number of carboxylic acid groups (broad SMARTS) is 1. The first-order chi connectivity index (χ1) is 7.79. The second-order valence-electron chi connectivity index (χ2n) is 5.42. The molecular formula is C12H24O5. The molecule has 0 saturated carbocycles. The van der Waals surface area contributed by atoms with Gasteiger partial charge in [0.25, 0.3) is 0 Å². The van der Waals surface area contributed by atoms with Gasteiger partial charge in [0.2, 0.25) is 0 Å². The molecule has 17 heavy (non-hydrogen) atoms. The van der Waals surface area contributed by atoms with Crippen LogP contribution < -0.4 is 0 Å². The molecule has 0 aliphatic heterocycles. The van der Waals surface area contributed by atoms with E-state index in [0.717, 1.165) is 19.3 Å². The minimum atomic E-state index is -1.51. The van der Waals surface area contributed by atoms with Crippen molar-refractivity contribution >= 4 is 6.16 Å². The Morgan fingerprint density at radius 3 is 2.35 bits per heavy atom. The fourth-order valence-corrected chi connectivity index (χ4v) is 1.86. The summed E-state index contributed by atoms with van der Waals surface area (Å²) in [6.45, 7) is 10.2. The Balaban J connectivity index is 4.28. The molecule has 0 spiro atoms. The Labute approximate surface area is 103 Å². The Bertz CT molecular complexity index is 221. The summed E-state index contributed by atoms with van der Waals surface area (Å²) < 4.78 is 0. The van der Waals surface area contributed by atoms with Crippen LogP contribution in [0.3, 0.4) is 0 Å². The topological polar surface area (TPSA) is 65.0 Å². The van der Waals surface area contributed by atoms with Gasteiger partial charge in [0.15, 0.2) is 0 Å². The van der Waals surface area contributed by atoms with Crippen molar-refractivity contribution in [3.63, 3.8) is 0 Å². The molecule has 5 nitrogen and oxygen atoms in total. The molecular weight excluding hydrogens is 224 g/mol. The highest BCUT2D eigenvalue weighted by Crippen LogP contribution is 2.31. The first kappa shape index (κ1) is 16.2. The van der Waals surface area contributed by atoms with E-state index < -0.39 is 6.16 Å². The molecule has 0 heterocycles. The van der Waals surface area contributed by atoms with E-state index in [0.29, 0.717) is 0 Å². The summed E-state index contributed by atoms with van der Waals surface area (Å²) in [5.41, 5.74) is -0.144. The van der Waals surface area contributed by atoms with Crippen LogP contribution in [0.4, 0.5) is 4.79 Å². The molecule has 0 aromatic heterocycles. The van der Waals surface area contributed by atoms with E-state index in [1.54, 1.807) is 0 Å². The third-order valence-corrected chi connectivity index (χ3v) is 2.63. The van der Waals surface area contributed by atoms with Crippen molar-refractivity contribution in [3.05, 3.63) is 0 Å². The maximum atomic E-state index is 10.1. The van der Waals surface area contributed by atoms with E-state index in [1.807, 2.05) is 20.8 Å². The lowest BCUT2D eigenvalue weighted by atomic mass is 9.80. The van der Waals surface area contributed by atoms with Crippen LogP contribution in [-0.4, -0.2) is 17.4 Å². The number of unbranched alkanes of at least 4 members (excludes halogenated alkanes) is 1. The van der Waals surface area contributed by atoms with Crippen LogP contribution in [0.5, 0.6) is 0 Å². The Hall–Kier alpha value is -0.810. The van der Waals surface area contributed by atoms with Gasteiger partial charge < -0.3 is 5.11 Å². The Morgan fingerprint density at radius 2 is 1.94 bits per heavy atom. The van der Waals surface area contributed by atoms with Gasteiger partial charge >= 0.3 is 6.16 Å². The number of carbonyl (C=O) groups is 1. The van der Waals surface area contributed by atoms with Crippen molar-refractivity contribution in [2.75, 3.05) is 0 Å². The molecule has 2 atom stereocenters. The molecule has 0 aromatic carbocycles. The number of hydrogen-bond acceptors (Lipinski definition) is 4. The van der Waals surface area contributed by atoms with Crippen LogP contribution in [0.25, 0.3) is 0 Å². The summed E-state index contributed by atoms with van der Waals surface area (Å²) >= 11 is 0. The van der Waals surface area contributed by atoms with E-state index in [1.165, 1.54) is 0 Å². The lowest BCUT2D eigenvalue weighted by molar-refractivity contribution is -0.512. The van der Waals surface area contributed by atoms with Crippen molar-refractivity contribution in [1.82, 2.24) is 0 Å². The van der Waals surface area contributed by atoms with Crippen LogP contribution in [0.15, 0.2) is 0 Å². The average Bonchev–Trinajstić information content (AvgIpc) is 2.18. The number of hydrogen-bond donors (Lipinski definition) is 1. The van der Waals surface area contributed by atoms with Gasteiger partial charge in [-0.05, 0) is 22.8 Å². The largest absolute Gasteiger partial charge is 0.540 e. The molecule has 0 rings (SSSR count). The molecule has 0 aliphatic rings. The van der Waals surface area contributed by atoms with Crippen LogP contribution >= 0.6 is 0 Å². The predicted octanol–water partition coefficient (Wildman–Crippen LogP) is 3.79. The van der Waals surface area contributed by atoms with Gasteiger partial charge in [-0.2, -0.15) is 4.89 Å². The van der Waals surface area contributed by atoms with Gasteiger partial charge in [-0.1, -0.05) is 47.5 Å². The Morgan fingerprint density at radius 1 is 1.35 bits per heavy atom. The van der Waals surface area contributed by atoms with Crippen molar-refractivity contribution in [3.8, 4) is 0 Å². The maximum absolute atomic E-state index is 10.1. The van der Waals surface area contributed by atoms with Crippen LogP contribution in [-0.2, 0) is 14.8 Å². The van der Waals surface area contributed by atoms with Crippen molar-refractivity contribution < 1.29 is 24.7 Å². The summed E-state index contributed by atoms with van der Waals surface area (Å²) in [5.74, 6) is 0.271. The quantitative estimate of drug-likeness (QED) is 0.548. The molecule has 1 N–H and O–H groups in total. The zero-order valence-corrected chi connectivity index (χ0v) is 11.4. The van der Waals surface area contributed by atoms with Crippen LogP contribution in [0, 0.1) is 11.3 Å². The molecule has 0 saturated heterocycles. The first-order valence-electron chi connectivity index (χ1n) is 6.02. The van der Waals surface area contributed by atoms with Crippen molar-refractivity contribution in [1.29, 1.82) is 0 Å². The summed E-state index contributed by atoms with van der Waals surface area (Å²) in [6.07, 6.45) is 1.51. The molecule has 0 aliphatic carbocycles. The monoisotopic (exact) mass is 248 g/mol. The zero-order chi connectivity index (χ0) is 13.5. The van der Waals surface area contributed by atoms with Gasteiger partial charge in [-0.15, -0.1) is 0 Å². The van der Waals surface area contributed by atoms with E-state index in [2.05, 4.69) is 23.8 Å². The highest BCUT2D eigenvalue weighted by atomic mass is 17.5. The highest BCUT2D eigenvalue weighted by molar-refractivity contribution is 5.55. The lowest BCUT2D eigenvalue weighted by Gasteiger charge is -2.32. The lowest BCUT2D eigenvalue weighted by Crippen LogP contribution is -2.35. The van der Waals surface area contributed by atoms with Gasteiger partial charge in [0.05, 0.1) is 0 Å². The van der Waals surface area contributed by atoms with E-state index >= 15 is 0 Å². The second-order valence-corrected chi connectivity index (χ2v) is 5.42. The summed E-state index contributed by atoms with van der Waals surface area (Å²) in [5, 5.41) is 12.6. The minimum absolute atomic E-state index is 0.144. The van der Waals surface area contributed by atoms with Crippen LogP contribution in [0.1, 0.15) is 53.9 Å². The fourth-order valence-electron chi connectivity index (χ4n) is 1.86. The normalized spacial score (nSPS) is 15.4. The molecule has 0 radical (unpaired) electrons. The van der Waals surface area contributed by atoms with Crippen molar-refractivity contribution in [2.45, 2.75) is 60.0 Å². The molecule has 0 bridgehead atoms. The third kappa shape index (κ3) is 7.18. The van der Waals surface area contributed by atoms with Gasteiger partial charge in [0.1, 0.15) is 6.10 Å². The minimum Gasteiger partial charge on any atom is -0.448 e. The molecule has 0 aromatic rings. The van der Waals surface area contributed by atoms with Crippen LogP contribution in [0.2, 0.25) is 0 Å². The SMILES string of the molecule is CCCCC(C)C(OOOC(=O)O)C(C)(C)C. The predicted molar refractivity (Wildman–Crippen MR) is 63.2 cm³/mol. The maximum Gasteiger partial charge on any atom is 0.540 e. The summed E-state index contributed by atoms with van der Waals surface area (Å²) in [7, 11) is 0. The molecule has 5 heteroatoms. The number of rotatable bonds is 7. The average molecular weight is 248 g/mol. The van der Waals surface area contributed by atoms with E-state index in [9.17, 15) is 4.79 Å². The summed E-state index contributed by atoms with van der Waals surface area (Å²) in [4.78, 5) is 19.1. The molecule has 0 amide bonds. The molecule has 0 fully saturated rings. The second kappa shape index (κ2) is 7.50. The third-order valence-electron chi connectivity index (χ3n) is 2.63. The van der Waals surface area contributed by atoms with Crippen molar-refractivity contribution in [2.24, 2.45) is 11.3 Å². The smallest absolute Gasteiger partial charge is 0.448 e.